The summed E-state index contributed by atoms with van der Waals surface area (Å²) in [7, 11) is -3.55. The fraction of sp³-hybridized carbons (Fsp3) is 0.370. The first-order chi connectivity index (χ1) is 17.3. The van der Waals surface area contributed by atoms with Crippen molar-refractivity contribution >= 4 is 26.9 Å². The maximum Gasteiger partial charge on any atom is 0.243 e. The molecule has 0 radical (unpaired) electrons. The minimum absolute atomic E-state index is 0.342. The number of fused-ring (bicyclic) bond motifs is 1. The van der Waals surface area contributed by atoms with Crippen LogP contribution in [0, 0.1) is 20.8 Å². The van der Waals surface area contributed by atoms with Crippen LogP contribution >= 0.6 is 0 Å². The standard InChI is InChI=1S/C27H32N6O2S/c1-5-24-28-26(25-21(4)30-33(27(25)29-24)23-10-7-6-9-20(23)3)31-15-8-16-32(18-17-31)36(34,35)22-13-11-19(2)12-14-22/h6-7,9-14H,5,8,15-18H2,1-4H3. The van der Waals surface area contributed by atoms with Gasteiger partial charge in [-0.05, 0) is 51.0 Å². The second-order valence-electron chi connectivity index (χ2n) is 9.36. The molecule has 4 aromatic rings. The fourth-order valence-electron chi connectivity index (χ4n) is 4.77. The summed E-state index contributed by atoms with van der Waals surface area (Å²) < 4.78 is 30.2. The first kappa shape index (κ1) is 24.4. The number of nitrogens with zero attached hydrogens (tertiary/aromatic N) is 6. The van der Waals surface area contributed by atoms with Gasteiger partial charge in [0.25, 0.3) is 0 Å². The van der Waals surface area contributed by atoms with E-state index in [4.69, 9.17) is 15.1 Å². The van der Waals surface area contributed by atoms with Crippen molar-refractivity contribution in [1.82, 2.24) is 24.1 Å². The van der Waals surface area contributed by atoms with Gasteiger partial charge in [0.1, 0.15) is 11.6 Å². The number of aryl methyl sites for hydroxylation is 4. The van der Waals surface area contributed by atoms with E-state index in [9.17, 15) is 8.42 Å². The lowest BCUT2D eigenvalue weighted by molar-refractivity contribution is 0.433. The van der Waals surface area contributed by atoms with Gasteiger partial charge in [-0.25, -0.2) is 23.1 Å². The highest BCUT2D eigenvalue weighted by Gasteiger charge is 2.29. The lowest BCUT2D eigenvalue weighted by atomic mass is 10.2. The number of hydrogen-bond donors (Lipinski definition) is 0. The van der Waals surface area contributed by atoms with E-state index in [1.54, 1.807) is 16.4 Å². The minimum Gasteiger partial charge on any atom is -0.355 e. The first-order valence-corrected chi connectivity index (χ1v) is 13.9. The van der Waals surface area contributed by atoms with Crippen molar-refractivity contribution in [3.05, 3.63) is 71.2 Å². The average Bonchev–Trinajstić information content (AvgIpc) is 3.04. The predicted octanol–water partition coefficient (Wildman–Crippen LogP) is 4.20. The predicted molar refractivity (Wildman–Crippen MR) is 142 cm³/mol. The molecule has 9 heteroatoms. The van der Waals surface area contributed by atoms with Crippen molar-refractivity contribution in [2.24, 2.45) is 0 Å². The van der Waals surface area contributed by atoms with E-state index in [1.807, 2.05) is 55.8 Å². The molecule has 1 aliphatic rings. The van der Waals surface area contributed by atoms with Gasteiger partial charge in [0.15, 0.2) is 5.65 Å². The van der Waals surface area contributed by atoms with Crippen molar-refractivity contribution in [2.45, 2.75) is 45.4 Å². The molecule has 0 spiro atoms. The van der Waals surface area contributed by atoms with Gasteiger partial charge in [0.05, 0.1) is 21.7 Å². The molecule has 0 atom stereocenters. The first-order valence-electron chi connectivity index (χ1n) is 12.4. The molecule has 1 fully saturated rings. The van der Waals surface area contributed by atoms with Crippen LogP contribution in [-0.2, 0) is 16.4 Å². The molecule has 188 valence electrons. The number of para-hydroxylation sites is 1. The van der Waals surface area contributed by atoms with Crippen LogP contribution in [0.15, 0.2) is 53.4 Å². The highest BCUT2D eigenvalue weighted by molar-refractivity contribution is 7.89. The van der Waals surface area contributed by atoms with Crippen LogP contribution in [0.5, 0.6) is 0 Å². The molecule has 0 saturated carbocycles. The van der Waals surface area contributed by atoms with Crippen molar-refractivity contribution in [3.8, 4) is 5.69 Å². The quantitative estimate of drug-likeness (QED) is 0.405. The summed E-state index contributed by atoms with van der Waals surface area (Å²) in [6, 6.07) is 15.2. The van der Waals surface area contributed by atoms with Crippen LogP contribution in [0.2, 0.25) is 0 Å². The fourth-order valence-corrected chi connectivity index (χ4v) is 6.24. The smallest absolute Gasteiger partial charge is 0.243 e. The van der Waals surface area contributed by atoms with E-state index in [1.165, 1.54) is 0 Å². The maximum absolute atomic E-state index is 13.3. The van der Waals surface area contributed by atoms with Crippen LogP contribution < -0.4 is 4.90 Å². The van der Waals surface area contributed by atoms with Gasteiger partial charge in [-0.3, -0.25) is 0 Å². The number of sulfonamides is 1. The van der Waals surface area contributed by atoms with Crippen LogP contribution in [0.4, 0.5) is 5.82 Å². The van der Waals surface area contributed by atoms with Crippen molar-refractivity contribution in [3.63, 3.8) is 0 Å². The Morgan fingerprint density at radius 2 is 1.64 bits per heavy atom. The van der Waals surface area contributed by atoms with E-state index < -0.39 is 10.0 Å². The Labute approximate surface area is 212 Å². The zero-order chi connectivity index (χ0) is 25.4. The van der Waals surface area contributed by atoms with Crippen LogP contribution in [0.3, 0.4) is 0 Å². The topological polar surface area (TPSA) is 84.2 Å². The molecule has 0 N–H and O–H groups in total. The summed E-state index contributed by atoms with van der Waals surface area (Å²) in [5, 5.41) is 5.78. The molecule has 0 aliphatic carbocycles. The monoisotopic (exact) mass is 504 g/mol. The Kier molecular flexibility index (Phi) is 6.53. The summed E-state index contributed by atoms with van der Waals surface area (Å²) in [5.41, 5.74) is 4.80. The summed E-state index contributed by atoms with van der Waals surface area (Å²) in [6.07, 6.45) is 1.41. The lowest BCUT2D eigenvalue weighted by Crippen LogP contribution is -2.35. The SMILES string of the molecule is CCc1nc(N2CCCN(S(=O)(=O)c3ccc(C)cc3)CC2)c2c(C)nn(-c3ccccc3C)c2n1. The zero-order valence-corrected chi connectivity index (χ0v) is 22.1. The average molecular weight is 505 g/mol. The summed E-state index contributed by atoms with van der Waals surface area (Å²) in [4.78, 5) is 12.3. The molecule has 0 bridgehead atoms. The van der Waals surface area contributed by atoms with Crippen molar-refractivity contribution in [1.29, 1.82) is 0 Å². The summed E-state index contributed by atoms with van der Waals surface area (Å²) in [6.45, 7) is 10.2. The molecular formula is C27H32N6O2S. The largest absolute Gasteiger partial charge is 0.355 e. The Morgan fingerprint density at radius 3 is 2.36 bits per heavy atom. The highest BCUT2D eigenvalue weighted by atomic mass is 32.2. The zero-order valence-electron chi connectivity index (χ0n) is 21.3. The molecule has 1 saturated heterocycles. The van der Waals surface area contributed by atoms with E-state index >= 15 is 0 Å². The van der Waals surface area contributed by atoms with Gasteiger partial charge >= 0.3 is 0 Å². The van der Waals surface area contributed by atoms with Gasteiger partial charge in [-0.15, -0.1) is 0 Å². The van der Waals surface area contributed by atoms with Gasteiger partial charge in [0, 0.05) is 32.6 Å². The molecule has 5 rings (SSSR count). The maximum atomic E-state index is 13.3. The third-order valence-corrected chi connectivity index (χ3v) is 8.72. The van der Waals surface area contributed by atoms with E-state index in [-0.39, 0.29) is 0 Å². The molecule has 3 heterocycles. The molecule has 1 aliphatic heterocycles. The third-order valence-electron chi connectivity index (χ3n) is 6.80. The molecule has 36 heavy (non-hydrogen) atoms. The number of aromatic nitrogens is 4. The van der Waals surface area contributed by atoms with Crippen LogP contribution in [-0.4, -0.2) is 58.7 Å². The Bertz CT molecular complexity index is 1510. The number of hydrogen-bond acceptors (Lipinski definition) is 6. The highest BCUT2D eigenvalue weighted by Crippen LogP contribution is 2.31. The van der Waals surface area contributed by atoms with Gasteiger partial charge in [-0.1, -0.05) is 42.8 Å². The minimum atomic E-state index is -3.55. The molecule has 2 aromatic heterocycles. The van der Waals surface area contributed by atoms with Crippen LogP contribution in [0.25, 0.3) is 16.7 Å². The van der Waals surface area contributed by atoms with E-state index in [0.717, 1.165) is 45.2 Å². The third kappa shape index (κ3) is 4.37. The van der Waals surface area contributed by atoms with Crippen LogP contribution in [0.1, 0.15) is 36.0 Å². The Hall–Kier alpha value is -3.30. The van der Waals surface area contributed by atoms with E-state index in [2.05, 4.69) is 17.9 Å². The van der Waals surface area contributed by atoms with Gasteiger partial charge in [0.2, 0.25) is 10.0 Å². The van der Waals surface area contributed by atoms with Gasteiger partial charge in [-0.2, -0.15) is 9.40 Å². The van der Waals surface area contributed by atoms with Crippen molar-refractivity contribution < 1.29 is 8.42 Å². The summed E-state index contributed by atoms with van der Waals surface area (Å²) >= 11 is 0. The molecular weight excluding hydrogens is 472 g/mol. The Morgan fingerprint density at radius 1 is 0.889 bits per heavy atom. The second-order valence-corrected chi connectivity index (χ2v) is 11.3. The summed E-state index contributed by atoms with van der Waals surface area (Å²) in [5.74, 6) is 1.59. The lowest BCUT2D eigenvalue weighted by Gasteiger charge is -2.24. The number of rotatable bonds is 5. The normalized spacial score (nSPS) is 15.4. The second kappa shape index (κ2) is 9.63. The molecule has 8 nitrogen and oxygen atoms in total. The number of benzene rings is 2. The number of anilines is 1. The van der Waals surface area contributed by atoms with Crippen molar-refractivity contribution in [2.75, 3.05) is 31.1 Å². The molecule has 0 unspecified atom stereocenters. The van der Waals surface area contributed by atoms with E-state index in [0.29, 0.717) is 43.9 Å². The Balaban J connectivity index is 1.52. The molecule has 2 aromatic carbocycles. The van der Waals surface area contributed by atoms with Gasteiger partial charge < -0.3 is 4.90 Å². The molecule has 0 amide bonds.